The lowest BCUT2D eigenvalue weighted by Crippen LogP contribution is -2.37. The fourth-order valence-electron chi connectivity index (χ4n) is 1.13. The van der Waals surface area contributed by atoms with Gasteiger partial charge in [0.15, 0.2) is 0 Å². The van der Waals surface area contributed by atoms with E-state index in [0.29, 0.717) is 6.54 Å². The van der Waals surface area contributed by atoms with E-state index in [-0.39, 0.29) is 17.9 Å². The van der Waals surface area contributed by atoms with Crippen molar-refractivity contribution in [3.8, 4) is 0 Å². The molecule has 1 aromatic rings. The van der Waals surface area contributed by atoms with Gasteiger partial charge in [-0.25, -0.2) is 8.78 Å². The summed E-state index contributed by atoms with van der Waals surface area (Å²) in [5.74, 6) is -5.84. The van der Waals surface area contributed by atoms with Gasteiger partial charge in [-0.2, -0.15) is 8.78 Å². The molecular formula is C10H15F4N3O. The van der Waals surface area contributed by atoms with Gasteiger partial charge < -0.3 is 9.73 Å². The van der Waals surface area contributed by atoms with E-state index in [2.05, 4.69) is 19.9 Å². The quantitative estimate of drug-likeness (QED) is 0.834. The number of halogens is 4. The molecule has 0 aliphatic carbocycles. The van der Waals surface area contributed by atoms with Crippen LogP contribution in [0.5, 0.6) is 0 Å². The van der Waals surface area contributed by atoms with Gasteiger partial charge in [0.05, 0.1) is 0 Å². The number of nitrogens with one attached hydrogen (secondary N) is 1. The van der Waals surface area contributed by atoms with Crippen LogP contribution in [-0.2, 0) is 12.3 Å². The fraction of sp³-hybridized carbons (Fsp3) is 0.800. The zero-order valence-corrected chi connectivity index (χ0v) is 10.3. The number of rotatable bonds is 5. The highest BCUT2D eigenvalue weighted by Crippen LogP contribution is 2.33. The number of nitrogens with zero attached hydrogens (tertiary/aromatic N) is 2. The zero-order chi connectivity index (χ0) is 14.0. The molecule has 0 spiro atoms. The molecule has 8 heteroatoms. The normalized spacial score (nSPS) is 13.3. The van der Waals surface area contributed by atoms with Gasteiger partial charge >= 0.3 is 12.3 Å². The Balaban J connectivity index is 2.59. The molecule has 0 saturated carbocycles. The molecule has 18 heavy (non-hydrogen) atoms. The van der Waals surface area contributed by atoms with Crippen molar-refractivity contribution in [2.45, 2.75) is 45.1 Å². The molecule has 0 aliphatic rings. The van der Waals surface area contributed by atoms with Crippen LogP contribution in [0.1, 0.15) is 32.6 Å². The highest BCUT2D eigenvalue weighted by atomic mass is 19.3. The molecule has 1 N–H and O–H groups in total. The summed E-state index contributed by atoms with van der Waals surface area (Å²) < 4.78 is 54.3. The lowest BCUT2D eigenvalue weighted by molar-refractivity contribution is -0.151. The summed E-state index contributed by atoms with van der Waals surface area (Å²) >= 11 is 0. The Morgan fingerprint density at radius 1 is 1.22 bits per heavy atom. The standard InChI is InChI=1S/C10H15F4N3O/c1-9(2,3)15-5-4-6-16-17-8(18-6)10(13,14)7(11)12/h7,15H,4-5H2,1-3H3. The van der Waals surface area contributed by atoms with Gasteiger partial charge in [-0.1, -0.05) is 0 Å². The first kappa shape index (κ1) is 14.9. The third-order valence-electron chi connectivity index (χ3n) is 2.02. The highest BCUT2D eigenvalue weighted by Gasteiger charge is 2.48. The first-order valence-electron chi connectivity index (χ1n) is 5.37. The number of alkyl halides is 4. The van der Waals surface area contributed by atoms with Crippen molar-refractivity contribution in [3.05, 3.63) is 11.8 Å². The van der Waals surface area contributed by atoms with Crippen LogP contribution in [0, 0.1) is 0 Å². The molecule has 0 saturated heterocycles. The largest absolute Gasteiger partial charge is 0.419 e. The second-order valence-electron chi connectivity index (χ2n) is 4.85. The zero-order valence-electron chi connectivity index (χ0n) is 10.3. The summed E-state index contributed by atoms with van der Waals surface area (Å²) in [7, 11) is 0. The molecule has 0 amide bonds. The predicted molar refractivity (Wildman–Crippen MR) is 55.7 cm³/mol. The molecule has 1 heterocycles. The maximum atomic E-state index is 12.8. The second kappa shape index (κ2) is 5.21. The molecule has 0 aliphatic heterocycles. The van der Waals surface area contributed by atoms with Gasteiger partial charge in [-0.15, -0.1) is 10.2 Å². The van der Waals surface area contributed by atoms with E-state index in [1.54, 1.807) is 0 Å². The molecule has 0 aromatic carbocycles. The Morgan fingerprint density at radius 3 is 2.33 bits per heavy atom. The number of hydrogen-bond acceptors (Lipinski definition) is 4. The van der Waals surface area contributed by atoms with Crippen LogP contribution in [-0.4, -0.2) is 28.7 Å². The van der Waals surface area contributed by atoms with Crippen LogP contribution < -0.4 is 5.32 Å². The molecule has 0 radical (unpaired) electrons. The molecule has 104 valence electrons. The van der Waals surface area contributed by atoms with Crippen molar-refractivity contribution in [3.63, 3.8) is 0 Å². The Morgan fingerprint density at radius 2 is 1.83 bits per heavy atom. The summed E-state index contributed by atoms with van der Waals surface area (Å²) in [4.78, 5) is 0. The second-order valence-corrected chi connectivity index (χ2v) is 4.85. The number of hydrogen-bond donors (Lipinski definition) is 1. The molecule has 0 fully saturated rings. The molecule has 0 bridgehead atoms. The first-order valence-corrected chi connectivity index (χ1v) is 5.37. The van der Waals surface area contributed by atoms with Crippen LogP contribution in [0.3, 0.4) is 0 Å². The topological polar surface area (TPSA) is 51.0 Å². The fourth-order valence-corrected chi connectivity index (χ4v) is 1.13. The minimum atomic E-state index is -4.40. The lowest BCUT2D eigenvalue weighted by Gasteiger charge is -2.19. The average molecular weight is 269 g/mol. The number of aromatic nitrogens is 2. The van der Waals surface area contributed by atoms with E-state index in [9.17, 15) is 17.6 Å². The molecule has 4 nitrogen and oxygen atoms in total. The summed E-state index contributed by atoms with van der Waals surface area (Å²) in [6.07, 6.45) is -3.66. The molecule has 1 rings (SSSR count). The van der Waals surface area contributed by atoms with Crippen molar-refractivity contribution in [1.29, 1.82) is 0 Å². The summed E-state index contributed by atoms with van der Waals surface area (Å²) in [6.45, 7) is 6.21. The van der Waals surface area contributed by atoms with E-state index in [0.717, 1.165) is 0 Å². The van der Waals surface area contributed by atoms with E-state index in [4.69, 9.17) is 0 Å². The van der Waals surface area contributed by atoms with Crippen LogP contribution in [0.2, 0.25) is 0 Å². The van der Waals surface area contributed by atoms with Gasteiger partial charge in [0, 0.05) is 18.5 Å². The van der Waals surface area contributed by atoms with Crippen molar-refractivity contribution in [1.82, 2.24) is 15.5 Å². The lowest BCUT2D eigenvalue weighted by atomic mass is 10.1. The van der Waals surface area contributed by atoms with Crippen molar-refractivity contribution in [2.75, 3.05) is 6.54 Å². The minimum absolute atomic E-state index is 0.0953. The monoisotopic (exact) mass is 269 g/mol. The van der Waals surface area contributed by atoms with Gasteiger partial charge in [0.1, 0.15) is 0 Å². The first-order chi connectivity index (χ1) is 8.13. The van der Waals surface area contributed by atoms with E-state index in [1.807, 2.05) is 20.8 Å². The smallest absolute Gasteiger partial charge is 0.382 e. The molecule has 0 atom stereocenters. The third kappa shape index (κ3) is 3.94. The van der Waals surface area contributed by atoms with Crippen molar-refractivity contribution >= 4 is 0 Å². The van der Waals surface area contributed by atoms with Crippen molar-refractivity contribution < 1.29 is 22.0 Å². The van der Waals surface area contributed by atoms with E-state index in [1.165, 1.54) is 0 Å². The molecule has 0 unspecified atom stereocenters. The molecule has 1 aromatic heterocycles. The third-order valence-corrected chi connectivity index (χ3v) is 2.02. The maximum absolute atomic E-state index is 12.8. The summed E-state index contributed by atoms with van der Waals surface area (Å²) in [5.41, 5.74) is -0.143. The predicted octanol–water partition coefficient (Wildman–Crippen LogP) is 2.36. The van der Waals surface area contributed by atoms with Crippen molar-refractivity contribution in [2.24, 2.45) is 0 Å². The summed E-state index contributed by atoms with van der Waals surface area (Å²) in [5, 5.41) is 9.34. The average Bonchev–Trinajstić information content (AvgIpc) is 2.64. The maximum Gasteiger partial charge on any atom is 0.382 e. The Labute approximate surface area is 102 Å². The minimum Gasteiger partial charge on any atom is -0.419 e. The van der Waals surface area contributed by atoms with Gasteiger partial charge in [-0.3, -0.25) is 0 Å². The summed E-state index contributed by atoms with van der Waals surface area (Å²) in [6, 6.07) is 0. The van der Waals surface area contributed by atoms with Crippen LogP contribution in [0.25, 0.3) is 0 Å². The highest BCUT2D eigenvalue weighted by molar-refractivity contribution is 4.93. The van der Waals surface area contributed by atoms with E-state index < -0.39 is 18.2 Å². The Kier molecular flexibility index (Phi) is 4.31. The Hall–Kier alpha value is -1.18. The SMILES string of the molecule is CC(C)(C)NCCc1nnc(C(F)(F)C(F)F)o1. The Bertz CT molecular complexity index is 387. The van der Waals surface area contributed by atoms with Gasteiger partial charge in [0.2, 0.25) is 5.89 Å². The van der Waals surface area contributed by atoms with Crippen LogP contribution in [0.15, 0.2) is 4.42 Å². The van der Waals surface area contributed by atoms with Crippen LogP contribution in [0.4, 0.5) is 17.6 Å². The van der Waals surface area contributed by atoms with E-state index >= 15 is 0 Å². The van der Waals surface area contributed by atoms with Crippen LogP contribution >= 0.6 is 0 Å². The van der Waals surface area contributed by atoms with Gasteiger partial charge in [0.25, 0.3) is 5.89 Å². The van der Waals surface area contributed by atoms with Gasteiger partial charge in [-0.05, 0) is 20.8 Å². The molecular weight excluding hydrogens is 254 g/mol.